The van der Waals surface area contributed by atoms with Gasteiger partial charge in [0.2, 0.25) is 0 Å². The van der Waals surface area contributed by atoms with Crippen LogP contribution >= 0.6 is 8.81 Å². The molecule has 2 heteroatoms. The van der Waals surface area contributed by atoms with Gasteiger partial charge in [0.05, 0.1) is 0 Å². The normalized spacial score (nSPS) is 11.5. The maximum absolute atomic E-state index is 5.63. The predicted octanol–water partition coefficient (Wildman–Crippen LogP) is 4.63. The molecule has 0 fully saturated rings. The zero-order valence-electron chi connectivity index (χ0n) is 12.1. The molecule has 0 bridgehead atoms. The molecule has 0 amide bonds. The molecule has 0 radical (unpaired) electrons. The van der Waals surface area contributed by atoms with Crippen molar-refractivity contribution in [1.29, 1.82) is 0 Å². The SMILES string of the molecule is CCCCc1cccc(POCC)c1CCCC. The second-order valence-corrected chi connectivity index (χ2v) is 5.72. The molecule has 0 heterocycles. The van der Waals surface area contributed by atoms with E-state index < -0.39 is 0 Å². The van der Waals surface area contributed by atoms with Crippen LogP contribution in [0.15, 0.2) is 18.2 Å². The van der Waals surface area contributed by atoms with Gasteiger partial charge in [-0.25, -0.2) is 0 Å². The molecule has 1 atom stereocenters. The summed E-state index contributed by atoms with van der Waals surface area (Å²) in [6.07, 6.45) is 7.54. The van der Waals surface area contributed by atoms with E-state index in [1.54, 1.807) is 11.1 Å². The number of hydrogen-bond acceptors (Lipinski definition) is 1. The van der Waals surface area contributed by atoms with Gasteiger partial charge in [0, 0.05) is 20.7 Å². The van der Waals surface area contributed by atoms with Gasteiger partial charge in [0.15, 0.2) is 0 Å². The molecule has 1 aromatic rings. The fraction of sp³-hybridized carbons (Fsp3) is 0.625. The Morgan fingerprint density at radius 1 is 1.00 bits per heavy atom. The third kappa shape index (κ3) is 5.08. The minimum absolute atomic E-state index is 0.516. The van der Waals surface area contributed by atoms with E-state index in [1.807, 2.05) is 0 Å². The molecule has 102 valence electrons. The largest absolute Gasteiger partial charge is 0.358 e. The minimum atomic E-state index is 0.516. The average Bonchev–Trinajstić information content (AvgIpc) is 2.41. The van der Waals surface area contributed by atoms with E-state index >= 15 is 0 Å². The highest BCUT2D eigenvalue weighted by molar-refractivity contribution is 7.42. The van der Waals surface area contributed by atoms with Crippen LogP contribution in [0, 0.1) is 0 Å². The quantitative estimate of drug-likeness (QED) is 0.592. The van der Waals surface area contributed by atoms with Gasteiger partial charge in [0.25, 0.3) is 0 Å². The Labute approximate surface area is 114 Å². The van der Waals surface area contributed by atoms with Gasteiger partial charge in [0.1, 0.15) is 0 Å². The van der Waals surface area contributed by atoms with E-state index in [1.165, 1.54) is 43.8 Å². The molecule has 1 nitrogen and oxygen atoms in total. The van der Waals surface area contributed by atoms with Gasteiger partial charge in [-0.05, 0) is 43.7 Å². The van der Waals surface area contributed by atoms with Crippen LogP contribution in [0.2, 0.25) is 0 Å². The zero-order valence-corrected chi connectivity index (χ0v) is 13.1. The molecule has 0 saturated carbocycles. The molecular formula is C16H27OP. The Morgan fingerprint density at radius 2 is 1.72 bits per heavy atom. The number of benzene rings is 1. The summed E-state index contributed by atoms with van der Waals surface area (Å²) in [6.45, 7) is 7.40. The zero-order chi connectivity index (χ0) is 13.2. The van der Waals surface area contributed by atoms with Crippen molar-refractivity contribution in [3.05, 3.63) is 29.3 Å². The van der Waals surface area contributed by atoms with Crippen LogP contribution in [0.3, 0.4) is 0 Å². The van der Waals surface area contributed by atoms with Gasteiger partial charge in [-0.1, -0.05) is 44.9 Å². The van der Waals surface area contributed by atoms with Crippen molar-refractivity contribution in [3.63, 3.8) is 0 Å². The molecule has 0 aliphatic rings. The number of aryl methyl sites for hydroxylation is 1. The molecule has 1 rings (SSSR count). The molecule has 18 heavy (non-hydrogen) atoms. The molecule has 0 N–H and O–H groups in total. The standard InChI is InChI=1S/C16H27OP/c1-4-7-10-14-11-9-13-16(18-17-6-3)15(14)12-8-5-2/h9,11,13,18H,4-8,10,12H2,1-3H3. The summed E-state index contributed by atoms with van der Waals surface area (Å²) in [7, 11) is 0.516. The van der Waals surface area contributed by atoms with E-state index in [9.17, 15) is 0 Å². The predicted molar refractivity (Wildman–Crippen MR) is 83.2 cm³/mol. The van der Waals surface area contributed by atoms with Gasteiger partial charge in [-0.15, -0.1) is 0 Å². The lowest BCUT2D eigenvalue weighted by atomic mass is 9.98. The highest BCUT2D eigenvalue weighted by Gasteiger charge is 2.08. The van der Waals surface area contributed by atoms with E-state index in [4.69, 9.17) is 4.52 Å². The second kappa shape index (κ2) is 9.53. The Kier molecular flexibility index (Phi) is 8.29. The fourth-order valence-electron chi connectivity index (χ4n) is 2.13. The summed E-state index contributed by atoms with van der Waals surface area (Å²) in [5.41, 5.74) is 3.12. The Morgan fingerprint density at radius 3 is 2.39 bits per heavy atom. The highest BCUT2D eigenvalue weighted by Crippen LogP contribution is 2.21. The van der Waals surface area contributed by atoms with Crippen molar-refractivity contribution in [1.82, 2.24) is 0 Å². The summed E-state index contributed by atoms with van der Waals surface area (Å²) in [5, 5.41) is 1.43. The summed E-state index contributed by atoms with van der Waals surface area (Å²) in [5.74, 6) is 0. The Bertz CT molecular complexity index is 310. The third-order valence-corrected chi connectivity index (χ3v) is 4.30. The fourth-order valence-corrected chi connectivity index (χ4v) is 3.00. The molecule has 0 aliphatic heterocycles. The maximum atomic E-state index is 5.63. The van der Waals surface area contributed by atoms with Crippen molar-refractivity contribution in [2.75, 3.05) is 6.61 Å². The highest BCUT2D eigenvalue weighted by atomic mass is 31.1. The minimum Gasteiger partial charge on any atom is -0.358 e. The van der Waals surface area contributed by atoms with Crippen LogP contribution in [0.25, 0.3) is 0 Å². The number of rotatable bonds is 9. The van der Waals surface area contributed by atoms with Crippen molar-refractivity contribution in [3.8, 4) is 0 Å². The first kappa shape index (κ1) is 15.7. The Hall–Kier alpha value is -0.390. The van der Waals surface area contributed by atoms with Crippen molar-refractivity contribution in [2.45, 2.75) is 59.3 Å². The van der Waals surface area contributed by atoms with E-state index in [0.29, 0.717) is 8.81 Å². The first-order valence-electron chi connectivity index (χ1n) is 7.32. The van der Waals surface area contributed by atoms with Crippen molar-refractivity contribution in [2.24, 2.45) is 0 Å². The molecule has 1 unspecified atom stereocenters. The molecule has 0 spiro atoms. The molecule has 0 aliphatic carbocycles. The first-order valence-corrected chi connectivity index (χ1v) is 8.22. The van der Waals surface area contributed by atoms with Crippen molar-refractivity contribution < 1.29 is 4.52 Å². The summed E-state index contributed by atoms with van der Waals surface area (Å²) in [6, 6.07) is 6.75. The first-order chi connectivity index (χ1) is 8.83. The van der Waals surface area contributed by atoms with Crippen LogP contribution in [0.4, 0.5) is 0 Å². The van der Waals surface area contributed by atoms with Gasteiger partial charge < -0.3 is 4.52 Å². The lowest BCUT2D eigenvalue weighted by molar-refractivity contribution is 0.394. The summed E-state index contributed by atoms with van der Waals surface area (Å²) < 4.78 is 5.63. The lowest BCUT2D eigenvalue weighted by Gasteiger charge is -2.14. The van der Waals surface area contributed by atoms with E-state index in [-0.39, 0.29) is 0 Å². The molecular weight excluding hydrogens is 239 g/mol. The van der Waals surface area contributed by atoms with Gasteiger partial charge >= 0.3 is 0 Å². The number of hydrogen-bond donors (Lipinski definition) is 0. The van der Waals surface area contributed by atoms with Crippen LogP contribution in [0.1, 0.15) is 57.6 Å². The smallest absolute Gasteiger partial charge is 0.0481 e. The van der Waals surface area contributed by atoms with Gasteiger partial charge in [-0.3, -0.25) is 0 Å². The average molecular weight is 266 g/mol. The topological polar surface area (TPSA) is 9.23 Å². The Balaban J connectivity index is 2.85. The van der Waals surface area contributed by atoms with Crippen LogP contribution in [-0.4, -0.2) is 6.61 Å². The monoisotopic (exact) mass is 266 g/mol. The molecule has 0 saturated heterocycles. The van der Waals surface area contributed by atoms with Gasteiger partial charge in [-0.2, -0.15) is 0 Å². The molecule has 1 aromatic carbocycles. The van der Waals surface area contributed by atoms with Crippen LogP contribution in [-0.2, 0) is 17.4 Å². The van der Waals surface area contributed by atoms with Crippen LogP contribution < -0.4 is 5.30 Å². The van der Waals surface area contributed by atoms with Crippen molar-refractivity contribution >= 4 is 14.1 Å². The van der Waals surface area contributed by atoms with Crippen LogP contribution in [0.5, 0.6) is 0 Å². The summed E-state index contributed by atoms with van der Waals surface area (Å²) >= 11 is 0. The molecule has 0 aromatic heterocycles. The number of unbranched alkanes of at least 4 members (excludes halogenated alkanes) is 2. The summed E-state index contributed by atoms with van der Waals surface area (Å²) in [4.78, 5) is 0. The third-order valence-electron chi connectivity index (χ3n) is 3.18. The van der Waals surface area contributed by atoms with E-state index in [0.717, 1.165) is 6.61 Å². The lowest BCUT2D eigenvalue weighted by Crippen LogP contribution is -2.09. The van der Waals surface area contributed by atoms with E-state index in [2.05, 4.69) is 39.0 Å². The second-order valence-electron chi connectivity index (χ2n) is 4.69. The maximum Gasteiger partial charge on any atom is 0.0481 e.